The van der Waals surface area contributed by atoms with E-state index >= 15 is 0 Å². The second-order valence-electron chi connectivity index (χ2n) is 6.45. The molecule has 1 aliphatic rings. The smallest absolute Gasteiger partial charge is 0.191 e. The number of hydrogen-bond acceptors (Lipinski definition) is 4. The number of methoxy groups -OCH3 is 1. The number of nitrogens with one attached hydrogen (secondary N) is 2. The van der Waals surface area contributed by atoms with Gasteiger partial charge in [-0.25, -0.2) is 4.39 Å². The average Bonchev–Trinajstić information content (AvgIpc) is 2.67. The standard InChI is InChI=1S/C19H30FN3O2S/c1-5-21-18(22-13-19(26-4)8-10-25-11-9-19)23-14(2)15-6-7-17(24-3)16(20)12-15/h6-7,12,14H,5,8-11,13H2,1-4H3,(H2,21,22,23). The van der Waals surface area contributed by atoms with E-state index in [1.807, 2.05) is 31.7 Å². The second kappa shape index (κ2) is 10.0. The molecule has 0 saturated carbocycles. The molecule has 1 unspecified atom stereocenters. The number of nitrogens with zero attached hydrogens (tertiary/aromatic N) is 1. The summed E-state index contributed by atoms with van der Waals surface area (Å²) in [7, 11) is 1.47. The summed E-state index contributed by atoms with van der Waals surface area (Å²) in [5, 5.41) is 6.65. The molecule has 0 aliphatic carbocycles. The first-order valence-corrected chi connectivity index (χ1v) is 10.3. The molecule has 26 heavy (non-hydrogen) atoms. The molecular formula is C19H30FN3O2S. The van der Waals surface area contributed by atoms with Gasteiger partial charge in [0, 0.05) is 24.5 Å². The lowest BCUT2D eigenvalue weighted by atomic mass is 9.99. The molecule has 1 atom stereocenters. The maximum Gasteiger partial charge on any atom is 0.191 e. The van der Waals surface area contributed by atoms with Crippen molar-refractivity contribution in [3.63, 3.8) is 0 Å². The van der Waals surface area contributed by atoms with Gasteiger partial charge in [-0.1, -0.05) is 6.07 Å². The molecule has 1 aliphatic heterocycles. The highest BCUT2D eigenvalue weighted by atomic mass is 32.2. The topological polar surface area (TPSA) is 54.9 Å². The number of halogens is 1. The third kappa shape index (κ3) is 5.51. The lowest BCUT2D eigenvalue weighted by Gasteiger charge is -2.34. The minimum absolute atomic E-state index is 0.0758. The zero-order chi connectivity index (χ0) is 19.0. The third-order valence-corrected chi connectivity index (χ3v) is 6.14. The van der Waals surface area contributed by atoms with Gasteiger partial charge in [-0.05, 0) is 50.6 Å². The van der Waals surface area contributed by atoms with Crippen molar-refractivity contribution in [2.24, 2.45) is 4.99 Å². The van der Waals surface area contributed by atoms with Crippen molar-refractivity contribution >= 4 is 17.7 Å². The van der Waals surface area contributed by atoms with Crippen molar-refractivity contribution in [2.45, 2.75) is 37.5 Å². The van der Waals surface area contributed by atoms with Crippen LogP contribution in [0.1, 0.15) is 38.3 Å². The molecule has 1 fully saturated rings. The molecule has 1 saturated heterocycles. The second-order valence-corrected chi connectivity index (χ2v) is 7.73. The highest BCUT2D eigenvalue weighted by Crippen LogP contribution is 2.34. The SMILES string of the molecule is CCNC(=NCC1(SC)CCOCC1)NC(C)c1ccc(OC)c(F)c1. The van der Waals surface area contributed by atoms with Gasteiger partial charge in [0.25, 0.3) is 0 Å². The van der Waals surface area contributed by atoms with Crippen LogP contribution >= 0.6 is 11.8 Å². The molecule has 0 amide bonds. The summed E-state index contributed by atoms with van der Waals surface area (Å²) >= 11 is 1.87. The fourth-order valence-corrected chi connectivity index (χ4v) is 3.72. The Bertz CT molecular complexity index is 606. The lowest BCUT2D eigenvalue weighted by Crippen LogP contribution is -2.41. The van der Waals surface area contributed by atoms with Crippen molar-refractivity contribution in [1.29, 1.82) is 0 Å². The fourth-order valence-electron chi connectivity index (χ4n) is 2.95. The van der Waals surface area contributed by atoms with Crippen molar-refractivity contribution in [3.05, 3.63) is 29.6 Å². The average molecular weight is 384 g/mol. The molecule has 7 heteroatoms. The van der Waals surface area contributed by atoms with E-state index in [-0.39, 0.29) is 22.4 Å². The quantitative estimate of drug-likeness (QED) is 0.559. The van der Waals surface area contributed by atoms with Crippen LogP contribution < -0.4 is 15.4 Å². The molecular weight excluding hydrogens is 353 g/mol. The van der Waals surface area contributed by atoms with Gasteiger partial charge in [-0.15, -0.1) is 0 Å². The first-order chi connectivity index (χ1) is 12.5. The van der Waals surface area contributed by atoms with Crippen LogP contribution in [0.15, 0.2) is 23.2 Å². The van der Waals surface area contributed by atoms with Crippen molar-refractivity contribution < 1.29 is 13.9 Å². The van der Waals surface area contributed by atoms with Gasteiger partial charge in [-0.2, -0.15) is 11.8 Å². The van der Waals surface area contributed by atoms with Gasteiger partial charge < -0.3 is 20.1 Å². The van der Waals surface area contributed by atoms with E-state index in [4.69, 9.17) is 14.5 Å². The highest BCUT2D eigenvalue weighted by Gasteiger charge is 2.31. The van der Waals surface area contributed by atoms with Crippen LogP contribution in [0, 0.1) is 5.82 Å². The van der Waals surface area contributed by atoms with Gasteiger partial charge in [0.15, 0.2) is 17.5 Å². The Morgan fingerprint density at radius 1 is 1.42 bits per heavy atom. The molecule has 1 heterocycles. The normalized spacial score (nSPS) is 18.3. The first-order valence-electron chi connectivity index (χ1n) is 9.04. The van der Waals surface area contributed by atoms with Crippen molar-refractivity contribution in [2.75, 3.05) is 39.7 Å². The number of hydrogen-bond donors (Lipinski definition) is 2. The minimum Gasteiger partial charge on any atom is -0.494 e. The molecule has 2 rings (SSSR count). The number of benzene rings is 1. The molecule has 146 valence electrons. The van der Waals surface area contributed by atoms with E-state index < -0.39 is 0 Å². The number of thioether (sulfide) groups is 1. The van der Waals surface area contributed by atoms with Gasteiger partial charge >= 0.3 is 0 Å². The summed E-state index contributed by atoms with van der Waals surface area (Å²) in [4.78, 5) is 4.80. The molecule has 1 aromatic rings. The van der Waals surface area contributed by atoms with Gasteiger partial charge in [0.05, 0.1) is 19.7 Å². The Kier molecular flexibility index (Phi) is 8.03. The number of rotatable bonds is 7. The molecule has 0 aromatic heterocycles. The number of aliphatic imine (C=N–C) groups is 1. The van der Waals surface area contributed by atoms with Crippen LogP contribution in [-0.4, -0.2) is 50.4 Å². The van der Waals surface area contributed by atoms with Gasteiger partial charge in [0.2, 0.25) is 0 Å². The van der Waals surface area contributed by atoms with Gasteiger partial charge in [-0.3, -0.25) is 4.99 Å². The van der Waals surface area contributed by atoms with Crippen LogP contribution in [-0.2, 0) is 4.74 Å². The summed E-state index contributed by atoms with van der Waals surface area (Å²) in [6.45, 7) is 7.12. The van der Waals surface area contributed by atoms with E-state index in [0.29, 0.717) is 0 Å². The fraction of sp³-hybridized carbons (Fsp3) is 0.632. The lowest BCUT2D eigenvalue weighted by molar-refractivity contribution is 0.0794. The van der Waals surface area contributed by atoms with E-state index in [9.17, 15) is 4.39 Å². The van der Waals surface area contributed by atoms with Crippen LogP contribution in [0.3, 0.4) is 0 Å². The maximum atomic E-state index is 14.0. The predicted octanol–water partition coefficient (Wildman–Crippen LogP) is 3.36. The van der Waals surface area contributed by atoms with Crippen molar-refractivity contribution in [1.82, 2.24) is 10.6 Å². The maximum absolute atomic E-state index is 14.0. The first kappa shape index (κ1) is 20.8. The van der Waals surface area contributed by atoms with Crippen LogP contribution in [0.25, 0.3) is 0 Å². The largest absolute Gasteiger partial charge is 0.494 e. The van der Waals surface area contributed by atoms with Crippen LogP contribution in [0.5, 0.6) is 5.75 Å². The van der Waals surface area contributed by atoms with E-state index in [0.717, 1.165) is 50.7 Å². The van der Waals surface area contributed by atoms with E-state index in [1.165, 1.54) is 13.2 Å². The van der Waals surface area contributed by atoms with Crippen molar-refractivity contribution in [3.8, 4) is 5.75 Å². The molecule has 1 aromatic carbocycles. The Hall–Kier alpha value is -1.47. The number of ether oxygens (including phenoxy) is 2. The Balaban J connectivity index is 2.07. The summed E-state index contributed by atoms with van der Waals surface area (Å²) in [6.07, 6.45) is 4.16. The third-order valence-electron chi connectivity index (χ3n) is 4.74. The van der Waals surface area contributed by atoms with E-state index in [2.05, 4.69) is 16.9 Å². The monoisotopic (exact) mass is 383 g/mol. The zero-order valence-corrected chi connectivity index (χ0v) is 16.9. The molecule has 2 N–H and O–H groups in total. The summed E-state index contributed by atoms with van der Waals surface area (Å²) in [5.41, 5.74) is 0.847. The Morgan fingerprint density at radius 2 is 2.15 bits per heavy atom. The Labute approximate surface area is 160 Å². The zero-order valence-electron chi connectivity index (χ0n) is 16.1. The minimum atomic E-state index is -0.357. The van der Waals surface area contributed by atoms with Crippen LogP contribution in [0.2, 0.25) is 0 Å². The molecule has 0 spiro atoms. The van der Waals surface area contributed by atoms with E-state index in [1.54, 1.807) is 6.07 Å². The molecule has 0 bridgehead atoms. The summed E-state index contributed by atoms with van der Waals surface area (Å²) < 4.78 is 24.6. The molecule has 0 radical (unpaired) electrons. The van der Waals surface area contributed by atoms with Crippen LogP contribution in [0.4, 0.5) is 4.39 Å². The highest BCUT2D eigenvalue weighted by molar-refractivity contribution is 8.00. The Morgan fingerprint density at radius 3 is 2.73 bits per heavy atom. The van der Waals surface area contributed by atoms with Gasteiger partial charge in [0.1, 0.15) is 0 Å². The molecule has 5 nitrogen and oxygen atoms in total. The summed E-state index contributed by atoms with van der Waals surface area (Å²) in [5.74, 6) is 0.642. The predicted molar refractivity (Wildman–Crippen MR) is 107 cm³/mol. The number of guanidine groups is 1. The summed E-state index contributed by atoms with van der Waals surface area (Å²) in [6, 6.07) is 4.94.